The first-order chi connectivity index (χ1) is 4.91. The van der Waals surface area contributed by atoms with Crippen molar-refractivity contribution in [1.29, 1.82) is 0 Å². The van der Waals surface area contributed by atoms with Crippen LogP contribution in [0.15, 0.2) is 0 Å². The quantitative estimate of drug-likeness (QED) is 0.603. The topological polar surface area (TPSA) is 63.4 Å². The highest BCUT2D eigenvalue weighted by atomic mass is 32.2. The molecule has 5 heteroatoms. The second kappa shape index (κ2) is 2.73. The molecule has 0 spiro atoms. The van der Waals surface area contributed by atoms with Gasteiger partial charge in [-0.3, -0.25) is 0 Å². The van der Waals surface area contributed by atoms with Crippen molar-refractivity contribution in [1.82, 2.24) is 4.31 Å². The van der Waals surface area contributed by atoms with Crippen LogP contribution in [0.3, 0.4) is 0 Å². The van der Waals surface area contributed by atoms with Crippen molar-refractivity contribution in [2.24, 2.45) is 11.7 Å². The minimum atomic E-state index is -2.95. The van der Waals surface area contributed by atoms with Crippen LogP contribution in [0.4, 0.5) is 0 Å². The van der Waals surface area contributed by atoms with Crippen LogP contribution in [0, 0.1) is 5.92 Å². The molecule has 1 rings (SSSR count). The van der Waals surface area contributed by atoms with E-state index in [1.54, 1.807) is 0 Å². The van der Waals surface area contributed by atoms with Gasteiger partial charge in [-0.25, -0.2) is 12.7 Å². The number of sulfonamides is 1. The van der Waals surface area contributed by atoms with Gasteiger partial charge in [-0.05, 0) is 6.92 Å². The van der Waals surface area contributed by atoms with Gasteiger partial charge in [-0.1, -0.05) is 0 Å². The largest absolute Gasteiger partial charge is 0.328 e. The van der Waals surface area contributed by atoms with E-state index in [-0.39, 0.29) is 6.04 Å². The maximum absolute atomic E-state index is 10.9. The Bertz CT molecular complexity index is 229. The van der Waals surface area contributed by atoms with Crippen molar-refractivity contribution < 1.29 is 8.42 Å². The molecule has 1 heterocycles. The van der Waals surface area contributed by atoms with E-state index >= 15 is 0 Å². The van der Waals surface area contributed by atoms with E-state index in [4.69, 9.17) is 5.73 Å². The number of nitrogens with zero attached hydrogens (tertiary/aromatic N) is 1. The third kappa shape index (κ3) is 1.91. The van der Waals surface area contributed by atoms with E-state index in [1.807, 2.05) is 6.92 Å². The molecule has 1 aliphatic rings. The smallest absolute Gasteiger partial charge is 0.211 e. The van der Waals surface area contributed by atoms with E-state index < -0.39 is 10.0 Å². The van der Waals surface area contributed by atoms with Crippen LogP contribution >= 0.6 is 0 Å². The third-order valence-corrected chi connectivity index (χ3v) is 3.33. The molecular formula is C6H14N2O2S. The molecule has 11 heavy (non-hydrogen) atoms. The van der Waals surface area contributed by atoms with E-state index in [1.165, 1.54) is 10.6 Å². The first kappa shape index (κ1) is 8.96. The van der Waals surface area contributed by atoms with Gasteiger partial charge in [0.05, 0.1) is 6.26 Å². The highest BCUT2D eigenvalue weighted by Crippen LogP contribution is 2.20. The summed E-state index contributed by atoms with van der Waals surface area (Å²) < 4.78 is 23.2. The van der Waals surface area contributed by atoms with Crippen molar-refractivity contribution in [2.45, 2.75) is 13.0 Å². The van der Waals surface area contributed by atoms with Crippen molar-refractivity contribution >= 4 is 10.0 Å². The first-order valence-corrected chi connectivity index (χ1v) is 5.47. The molecule has 1 fully saturated rings. The Balaban J connectivity index is 2.42. The van der Waals surface area contributed by atoms with Crippen LogP contribution in [0.5, 0.6) is 0 Å². The molecule has 0 aliphatic carbocycles. The normalized spacial score (nSPS) is 24.6. The van der Waals surface area contributed by atoms with Gasteiger partial charge < -0.3 is 5.73 Å². The lowest BCUT2D eigenvalue weighted by atomic mass is 9.96. The van der Waals surface area contributed by atoms with Crippen molar-refractivity contribution in [3.05, 3.63) is 0 Å². The summed E-state index contributed by atoms with van der Waals surface area (Å²) in [4.78, 5) is 0. The van der Waals surface area contributed by atoms with Crippen molar-refractivity contribution in [3.8, 4) is 0 Å². The molecule has 0 aromatic heterocycles. The standard InChI is InChI=1S/C6H14N2O2S/c1-5(7)6-3-8(4-6)11(2,9)10/h5-6H,3-4,7H2,1-2H3. The molecular weight excluding hydrogens is 164 g/mol. The van der Waals surface area contributed by atoms with Gasteiger partial charge in [0.2, 0.25) is 10.0 Å². The lowest BCUT2D eigenvalue weighted by Gasteiger charge is -2.39. The summed E-state index contributed by atoms with van der Waals surface area (Å²) in [5.41, 5.74) is 5.58. The number of hydrogen-bond acceptors (Lipinski definition) is 3. The van der Waals surface area contributed by atoms with Crippen molar-refractivity contribution in [3.63, 3.8) is 0 Å². The Morgan fingerprint density at radius 1 is 1.55 bits per heavy atom. The van der Waals surface area contributed by atoms with E-state index in [9.17, 15) is 8.42 Å². The molecule has 0 radical (unpaired) electrons. The van der Waals surface area contributed by atoms with Gasteiger partial charge in [0.1, 0.15) is 0 Å². The number of nitrogens with two attached hydrogens (primary N) is 1. The Hall–Kier alpha value is -0.130. The fourth-order valence-electron chi connectivity index (χ4n) is 1.07. The lowest BCUT2D eigenvalue weighted by molar-refractivity contribution is 0.178. The molecule has 0 bridgehead atoms. The molecule has 0 amide bonds. The Morgan fingerprint density at radius 2 is 2.00 bits per heavy atom. The second-order valence-corrected chi connectivity index (χ2v) is 5.18. The molecule has 1 aliphatic heterocycles. The monoisotopic (exact) mass is 178 g/mol. The molecule has 1 saturated heterocycles. The number of rotatable bonds is 2. The number of hydrogen-bond donors (Lipinski definition) is 1. The third-order valence-electron chi connectivity index (χ3n) is 2.09. The molecule has 1 unspecified atom stereocenters. The molecule has 2 N–H and O–H groups in total. The Kier molecular flexibility index (Phi) is 2.22. The second-order valence-electron chi connectivity index (χ2n) is 3.20. The van der Waals surface area contributed by atoms with E-state index in [2.05, 4.69) is 0 Å². The van der Waals surface area contributed by atoms with E-state index in [0.717, 1.165) is 0 Å². The summed E-state index contributed by atoms with van der Waals surface area (Å²) in [7, 11) is -2.95. The molecule has 0 aromatic carbocycles. The summed E-state index contributed by atoms with van der Waals surface area (Å²) >= 11 is 0. The SMILES string of the molecule is CC(N)C1CN(S(C)(=O)=O)C1. The summed E-state index contributed by atoms with van der Waals surface area (Å²) in [6.07, 6.45) is 1.23. The highest BCUT2D eigenvalue weighted by molar-refractivity contribution is 7.88. The maximum atomic E-state index is 10.9. The van der Waals surface area contributed by atoms with Crippen LogP contribution in [0.2, 0.25) is 0 Å². The van der Waals surface area contributed by atoms with Crippen LogP contribution in [0.1, 0.15) is 6.92 Å². The highest BCUT2D eigenvalue weighted by Gasteiger charge is 2.34. The summed E-state index contributed by atoms with van der Waals surface area (Å²) in [5.74, 6) is 0.352. The first-order valence-electron chi connectivity index (χ1n) is 3.62. The molecule has 66 valence electrons. The van der Waals surface area contributed by atoms with Crippen molar-refractivity contribution in [2.75, 3.05) is 19.3 Å². The summed E-state index contributed by atoms with van der Waals surface area (Å²) in [5, 5.41) is 0. The van der Waals surface area contributed by atoms with Gasteiger partial charge in [-0.15, -0.1) is 0 Å². The Morgan fingerprint density at radius 3 is 2.27 bits per heavy atom. The predicted octanol–water partition coefficient (Wildman–Crippen LogP) is -0.775. The summed E-state index contributed by atoms with van der Waals surface area (Å²) in [6.45, 7) is 3.09. The molecule has 0 aromatic rings. The molecule has 4 nitrogen and oxygen atoms in total. The lowest BCUT2D eigenvalue weighted by Crippen LogP contribution is -2.55. The van der Waals surface area contributed by atoms with Crippen LogP contribution in [-0.4, -0.2) is 38.1 Å². The van der Waals surface area contributed by atoms with Gasteiger partial charge in [-0.2, -0.15) is 0 Å². The van der Waals surface area contributed by atoms with Gasteiger partial charge in [0.25, 0.3) is 0 Å². The van der Waals surface area contributed by atoms with E-state index in [0.29, 0.717) is 19.0 Å². The maximum Gasteiger partial charge on any atom is 0.211 e. The van der Waals surface area contributed by atoms with Crippen LogP contribution in [-0.2, 0) is 10.0 Å². The van der Waals surface area contributed by atoms with Gasteiger partial charge in [0, 0.05) is 25.0 Å². The summed E-state index contributed by atoms with van der Waals surface area (Å²) in [6, 6.07) is 0.105. The predicted molar refractivity (Wildman–Crippen MR) is 43.6 cm³/mol. The average molecular weight is 178 g/mol. The Labute approximate surface area is 67.4 Å². The molecule has 1 atom stereocenters. The zero-order valence-corrected chi connectivity index (χ0v) is 7.63. The van der Waals surface area contributed by atoms with Gasteiger partial charge >= 0.3 is 0 Å². The molecule has 0 saturated carbocycles. The van der Waals surface area contributed by atoms with Gasteiger partial charge in [0.15, 0.2) is 0 Å². The average Bonchev–Trinajstić information content (AvgIpc) is 1.51. The zero-order valence-electron chi connectivity index (χ0n) is 6.82. The fourth-order valence-corrected chi connectivity index (χ4v) is 2.00. The minimum absolute atomic E-state index is 0.105. The zero-order chi connectivity index (χ0) is 8.65. The minimum Gasteiger partial charge on any atom is -0.328 e. The fraction of sp³-hybridized carbons (Fsp3) is 1.00. The van der Waals surface area contributed by atoms with Crippen LogP contribution in [0.25, 0.3) is 0 Å². The van der Waals surface area contributed by atoms with Crippen LogP contribution < -0.4 is 5.73 Å².